The molecule has 1 aromatic carbocycles. The van der Waals surface area contributed by atoms with Crippen LogP contribution < -0.4 is 15.0 Å². The van der Waals surface area contributed by atoms with Crippen LogP contribution in [-0.4, -0.2) is 56.4 Å². The molecule has 0 atom stereocenters. The Morgan fingerprint density at radius 2 is 1.88 bits per heavy atom. The van der Waals surface area contributed by atoms with Gasteiger partial charge in [-0.15, -0.1) is 0 Å². The summed E-state index contributed by atoms with van der Waals surface area (Å²) in [7, 11) is -3.64. The molecule has 136 valence electrons. The van der Waals surface area contributed by atoms with Gasteiger partial charge >= 0.3 is 0 Å². The van der Waals surface area contributed by atoms with E-state index in [4.69, 9.17) is 4.74 Å². The van der Waals surface area contributed by atoms with Crippen LogP contribution in [0.15, 0.2) is 47.5 Å². The molecule has 2 aliphatic rings. The highest BCUT2D eigenvalue weighted by atomic mass is 32.2. The summed E-state index contributed by atoms with van der Waals surface area (Å²) in [6.07, 6.45) is 1.72. The molecule has 9 heteroatoms. The summed E-state index contributed by atoms with van der Waals surface area (Å²) in [6, 6.07) is 10.2. The normalized spacial score (nSPS) is 18.0. The third-order valence-corrected chi connectivity index (χ3v) is 6.33. The lowest BCUT2D eigenvalue weighted by Crippen LogP contribution is -2.48. The Morgan fingerprint density at radius 1 is 1.08 bits per heavy atom. The number of carbonyl (C=O) groups is 1. The summed E-state index contributed by atoms with van der Waals surface area (Å²) in [6.45, 7) is 1.83. The van der Waals surface area contributed by atoms with Crippen molar-refractivity contribution in [1.29, 1.82) is 0 Å². The number of fused-ring (bicyclic) bond motifs is 1. The number of ether oxygens (including phenoxy) is 1. The number of nitrogens with one attached hydrogen (secondary N) is 1. The molecule has 0 spiro atoms. The molecule has 0 unspecified atom stereocenters. The van der Waals surface area contributed by atoms with Gasteiger partial charge in [-0.25, -0.2) is 13.4 Å². The van der Waals surface area contributed by atoms with Crippen molar-refractivity contribution in [3.05, 3.63) is 42.6 Å². The fraction of sp³-hybridized carbons (Fsp3) is 0.294. The topological polar surface area (TPSA) is 91.8 Å². The quantitative estimate of drug-likeness (QED) is 0.859. The van der Waals surface area contributed by atoms with Gasteiger partial charge in [0.05, 0.1) is 10.6 Å². The number of hydrogen-bond donors (Lipinski definition) is 1. The van der Waals surface area contributed by atoms with Crippen molar-refractivity contribution in [3.8, 4) is 5.75 Å². The van der Waals surface area contributed by atoms with Crippen LogP contribution in [0.1, 0.15) is 0 Å². The first-order chi connectivity index (χ1) is 12.5. The van der Waals surface area contributed by atoms with Crippen LogP contribution in [0, 0.1) is 0 Å². The zero-order chi connectivity index (χ0) is 18.1. The van der Waals surface area contributed by atoms with Crippen molar-refractivity contribution in [2.45, 2.75) is 4.90 Å². The van der Waals surface area contributed by atoms with Crippen LogP contribution in [0.4, 0.5) is 11.5 Å². The third-order valence-electron chi connectivity index (χ3n) is 4.43. The Morgan fingerprint density at radius 3 is 2.62 bits per heavy atom. The molecule has 1 fully saturated rings. The number of aromatic nitrogens is 1. The lowest BCUT2D eigenvalue weighted by atomic mass is 10.2. The minimum atomic E-state index is -3.64. The molecule has 0 bridgehead atoms. The summed E-state index contributed by atoms with van der Waals surface area (Å²) in [4.78, 5) is 18.0. The van der Waals surface area contributed by atoms with Gasteiger partial charge in [-0.3, -0.25) is 4.79 Å². The van der Waals surface area contributed by atoms with E-state index >= 15 is 0 Å². The van der Waals surface area contributed by atoms with Crippen molar-refractivity contribution in [2.24, 2.45) is 0 Å². The highest BCUT2D eigenvalue weighted by Gasteiger charge is 2.30. The van der Waals surface area contributed by atoms with Crippen LogP contribution in [0.25, 0.3) is 0 Å². The van der Waals surface area contributed by atoms with Crippen LogP contribution in [-0.2, 0) is 14.8 Å². The summed E-state index contributed by atoms with van der Waals surface area (Å²) in [5.74, 6) is 1.03. The van der Waals surface area contributed by atoms with Gasteiger partial charge in [-0.05, 0) is 30.3 Å². The lowest BCUT2D eigenvalue weighted by molar-refractivity contribution is -0.118. The second-order valence-electron chi connectivity index (χ2n) is 6.07. The van der Waals surface area contributed by atoms with Crippen LogP contribution >= 0.6 is 0 Å². The number of sulfonamides is 1. The fourth-order valence-corrected chi connectivity index (χ4v) is 4.52. The second kappa shape index (κ2) is 6.58. The first-order valence-corrected chi connectivity index (χ1v) is 9.71. The minimum Gasteiger partial charge on any atom is -0.482 e. The van der Waals surface area contributed by atoms with E-state index in [2.05, 4.69) is 15.2 Å². The molecule has 4 rings (SSSR count). The van der Waals surface area contributed by atoms with Gasteiger partial charge in [0.2, 0.25) is 10.0 Å². The van der Waals surface area contributed by atoms with Gasteiger partial charge in [0.1, 0.15) is 11.6 Å². The second-order valence-corrected chi connectivity index (χ2v) is 8.01. The van der Waals surface area contributed by atoms with Gasteiger partial charge in [-0.1, -0.05) is 6.07 Å². The molecular formula is C17H18N4O4S. The molecule has 1 amide bonds. The molecule has 0 aliphatic carbocycles. The van der Waals surface area contributed by atoms with E-state index in [0.717, 1.165) is 5.82 Å². The van der Waals surface area contributed by atoms with E-state index < -0.39 is 10.0 Å². The van der Waals surface area contributed by atoms with E-state index in [0.29, 0.717) is 37.6 Å². The summed E-state index contributed by atoms with van der Waals surface area (Å²) < 4.78 is 32.6. The predicted octanol–water partition coefficient (Wildman–Crippen LogP) is 0.923. The smallest absolute Gasteiger partial charge is 0.262 e. The van der Waals surface area contributed by atoms with E-state index in [1.54, 1.807) is 12.3 Å². The Balaban J connectivity index is 1.51. The van der Waals surface area contributed by atoms with E-state index in [-0.39, 0.29) is 17.4 Å². The Kier molecular flexibility index (Phi) is 4.25. The molecule has 1 N–H and O–H groups in total. The number of benzene rings is 1. The standard InChI is InChI=1S/C17H18N4O4S/c22-17-12-25-15-5-4-13(11-14(15)19-17)26(23,24)21-9-7-20(8-10-21)16-3-1-2-6-18-16/h1-6,11H,7-10,12H2,(H,19,22). The van der Waals surface area contributed by atoms with Crippen molar-refractivity contribution in [1.82, 2.24) is 9.29 Å². The van der Waals surface area contributed by atoms with E-state index in [1.165, 1.54) is 16.4 Å². The Labute approximate surface area is 151 Å². The van der Waals surface area contributed by atoms with Crippen molar-refractivity contribution in [2.75, 3.05) is 43.0 Å². The molecule has 0 saturated carbocycles. The van der Waals surface area contributed by atoms with Gasteiger partial charge in [-0.2, -0.15) is 4.31 Å². The molecule has 2 aliphatic heterocycles. The molecule has 1 aromatic heterocycles. The van der Waals surface area contributed by atoms with Gasteiger partial charge in [0.25, 0.3) is 5.91 Å². The monoisotopic (exact) mass is 374 g/mol. The molecular weight excluding hydrogens is 356 g/mol. The third kappa shape index (κ3) is 3.11. The molecule has 1 saturated heterocycles. The number of hydrogen-bond acceptors (Lipinski definition) is 6. The molecule has 8 nitrogen and oxygen atoms in total. The first-order valence-electron chi connectivity index (χ1n) is 8.27. The number of pyridine rings is 1. The maximum Gasteiger partial charge on any atom is 0.262 e. The van der Waals surface area contributed by atoms with Crippen LogP contribution in [0.5, 0.6) is 5.75 Å². The van der Waals surface area contributed by atoms with Gasteiger partial charge in [0.15, 0.2) is 6.61 Å². The number of carbonyl (C=O) groups excluding carboxylic acids is 1. The molecule has 0 radical (unpaired) electrons. The van der Waals surface area contributed by atoms with Crippen molar-refractivity contribution in [3.63, 3.8) is 0 Å². The molecule has 2 aromatic rings. The van der Waals surface area contributed by atoms with Gasteiger partial charge in [0, 0.05) is 32.4 Å². The maximum absolute atomic E-state index is 12.9. The number of anilines is 2. The van der Waals surface area contributed by atoms with Crippen LogP contribution in [0.3, 0.4) is 0 Å². The average Bonchev–Trinajstić information content (AvgIpc) is 2.68. The first kappa shape index (κ1) is 16.8. The molecule has 26 heavy (non-hydrogen) atoms. The number of amides is 1. The largest absolute Gasteiger partial charge is 0.482 e. The fourth-order valence-electron chi connectivity index (χ4n) is 3.07. The number of piperazine rings is 1. The Hall–Kier alpha value is -2.65. The lowest BCUT2D eigenvalue weighted by Gasteiger charge is -2.34. The maximum atomic E-state index is 12.9. The highest BCUT2D eigenvalue weighted by molar-refractivity contribution is 7.89. The summed E-state index contributed by atoms with van der Waals surface area (Å²) >= 11 is 0. The number of rotatable bonds is 3. The Bertz CT molecular complexity index is 925. The zero-order valence-corrected chi connectivity index (χ0v) is 14.8. The van der Waals surface area contributed by atoms with Crippen molar-refractivity contribution >= 4 is 27.4 Å². The SMILES string of the molecule is O=C1COc2ccc(S(=O)(=O)N3CCN(c4ccccn4)CC3)cc2N1. The van der Waals surface area contributed by atoms with Crippen molar-refractivity contribution < 1.29 is 17.9 Å². The summed E-state index contributed by atoms with van der Waals surface area (Å²) in [5.41, 5.74) is 0.384. The average molecular weight is 374 g/mol. The van der Waals surface area contributed by atoms with E-state index in [1.807, 2.05) is 18.2 Å². The highest BCUT2D eigenvalue weighted by Crippen LogP contribution is 2.31. The zero-order valence-electron chi connectivity index (χ0n) is 14.0. The predicted molar refractivity (Wildman–Crippen MR) is 95.8 cm³/mol. The minimum absolute atomic E-state index is 0.0609. The van der Waals surface area contributed by atoms with E-state index in [9.17, 15) is 13.2 Å². The summed E-state index contributed by atoms with van der Waals surface area (Å²) in [5, 5.41) is 2.64. The number of nitrogens with zero attached hydrogens (tertiary/aromatic N) is 3. The molecule has 3 heterocycles. The van der Waals surface area contributed by atoms with Gasteiger partial charge < -0.3 is 15.0 Å². The van der Waals surface area contributed by atoms with Crippen LogP contribution in [0.2, 0.25) is 0 Å².